The summed E-state index contributed by atoms with van der Waals surface area (Å²) in [5.74, 6) is 0. The van der Waals surface area contributed by atoms with Gasteiger partial charge in [-0.15, -0.1) is 0 Å². The van der Waals surface area contributed by atoms with Gasteiger partial charge in [-0.05, 0) is 17.7 Å². The lowest BCUT2D eigenvalue weighted by atomic mass is 10.2. The number of aromatic nitrogens is 2. The molecule has 1 saturated heterocycles. The minimum atomic E-state index is 0.622. The SMILES string of the molecule is N#Cc1cnn(CCN2CCN(Cc3cccc(Cl)c3)CC2)c1. The van der Waals surface area contributed by atoms with Gasteiger partial charge in [0.1, 0.15) is 6.07 Å². The molecule has 1 fully saturated rings. The van der Waals surface area contributed by atoms with E-state index < -0.39 is 0 Å². The van der Waals surface area contributed by atoms with Gasteiger partial charge in [-0.3, -0.25) is 14.5 Å². The number of nitriles is 1. The lowest BCUT2D eigenvalue weighted by molar-refractivity contribution is 0.123. The summed E-state index contributed by atoms with van der Waals surface area (Å²) < 4.78 is 1.84. The molecule has 0 radical (unpaired) electrons. The fourth-order valence-corrected chi connectivity index (χ4v) is 3.06. The molecule has 0 spiro atoms. The Morgan fingerprint density at radius 3 is 2.61 bits per heavy atom. The van der Waals surface area contributed by atoms with Crippen molar-refractivity contribution in [3.8, 4) is 6.07 Å². The Balaban J connectivity index is 1.42. The number of rotatable bonds is 5. The van der Waals surface area contributed by atoms with E-state index in [2.05, 4.69) is 27.0 Å². The van der Waals surface area contributed by atoms with Crippen LogP contribution in [-0.2, 0) is 13.1 Å². The summed E-state index contributed by atoms with van der Waals surface area (Å²) in [6.45, 7) is 7.01. The van der Waals surface area contributed by atoms with E-state index in [-0.39, 0.29) is 0 Å². The van der Waals surface area contributed by atoms with Gasteiger partial charge in [-0.1, -0.05) is 23.7 Å². The first-order valence-electron chi connectivity index (χ1n) is 7.84. The highest BCUT2D eigenvalue weighted by atomic mass is 35.5. The third kappa shape index (κ3) is 4.55. The van der Waals surface area contributed by atoms with Crippen molar-refractivity contribution in [2.75, 3.05) is 32.7 Å². The molecule has 23 heavy (non-hydrogen) atoms. The average Bonchev–Trinajstić information content (AvgIpc) is 3.02. The summed E-state index contributed by atoms with van der Waals surface area (Å²) in [6.07, 6.45) is 3.42. The van der Waals surface area contributed by atoms with Crippen molar-refractivity contribution in [2.45, 2.75) is 13.1 Å². The van der Waals surface area contributed by atoms with Crippen molar-refractivity contribution < 1.29 is 0 Å². The maximum absolute atomic E-state index is 8.81. The van der Waals surface area contributed by atoms with E-state index in [0.29, 0.717) is 5.56 Å². The van der Waals surface area contributed by atoms with Gasteiger partial charge in [0.2, 0.25) is 0 Å². The predicted octanol–water partition coefficient (Wildman–Crippen LogP) is 2.23. The van der Waals surface area contributed by atoms with Crippen molar-refractivity contribution in [1.29, 1.82) is 5.26 Å². The Morgan fingerprint density at radius 1 is 1.13 bits per heavy atom. The van der Waals surface area contributed by atoms with Crippen LogP contribution in [0.25, 0.3) is 0 Å². The van der Waals surface area contributed by atoms with Crippen LogP contribution in [0, 0.1) is 11.3 Å². The molecule has 0 N–H and O–H groups in total. The average molecular weight is 330 g/mol. The van der Waals surface area contributed by atoms with E-state index in [9.17, 15) is 0 Å². The highest BCUT2D eigenvalue weighted by Crippen LogP contribution is 2.14. The lowest BCUT2D eigenvalue weighted by Gasteiger charge is -2.34. The zero-order chi connectivity index (χ0) is 16.1. The molecule has 1 aromatic carbocycles. The molecule has 0 aliphatic carbocycles. The van der Waals surface area contributed by atoms with Crippen molar-refractivity contribution in [2.24, 2.45) is 0 Å². The Labute approximate surface area is 141 Å². The molecule has 120 valence electrons. The summed E-state index contributed by atoms with van der Waals surface area (Å²) in [4.78, 5) is 4.91. The molecule has 6 heteroatoms. The molecule has 3 rings (SSSR count). The Kier molecular flexibility index (Phi) is 5.29. The number of halogens is 1. The van der Waals surface area contributed by atoms with Crippen LogP contribution in [-0.4, -0.2) is 52.3 Å². The zero-order valence-corrected chi connectivity index (χ0v) is 13.8. The van der Waals surface area contributed by atoms with Gasteiger partial charge < -0.3 is 0 Å². The van der Waals surface area contributed by atoms with Gasteiger partial charge in [-0.2, -0.15) is 10.4 Å². The van der Waals surface area contributed by atoms with Crippen molar-refractivity contribution >= 4 is 11.6 Å². The fourth-order valence-electron chi connectivity index (χ4n) is 2.85. The molecular formula is C17H20ClN5. The number of nitrogens with zero attached hydrogens (tertiary/aromatic N) is 5. The number of hydrogen-bond donors (Lipinski definition) is 0. The van der Waals surface area contributed by atoms with Crippen LogP contribution in [0.3, 0.4) is 0 Å². The molecule has 2 heterocycles. The second kappa shape index (κ2) is 7.60. The highest BCUT2D eigenvalue weighted by Gasteiger charge is 2.16. The van der Waals surface area contributed by atoms with Crippen molar-refractivity contribution in [1.82, 2.24) is 19.6 Å². The molecule has 1 aromatic heterocycles. The van der Waals surface area contributed by atoms with Gasteiger partial charge in [0, 0.05) is 50.5 Å². The Hall–Kier alpha value is -1.87. The first kappa shape index (κ1) is 16.0. The largest absolute Gasteiger partial charge is 0.299 e. The zero-order valence-electron chi connectivity index (χ0n) is 13.0. The summed E-state index contributed by atoms with van der Waals surface area (Å²) in [5.41, 5.74) is 1.89. The maximum atomic E-state index is 8.81. The highest BCUT2D eigenvalue weighted by molar-refractivity contribution is 6.30. The van der Waals surface area contributed by atoms with Crippen LogP contribution in [0.4, 0.5) is 0 Å². The minimum Gasteiger partial charge on any atom is -0.299 e. The molecule has 0 bridgehead atoms. The molecular weight excluding hydrogens is 310 g/mol. The molecule has 5 nitrogen and oxygen atoms in total. The van der Waals surface area contributed by atoms with Crippen molar-refractivity contribution in [3.63, 3.8) is 0 Å². The van der Waals surface area contributed by atoms with Crippen LogP contribution in [0.1, 0.15) is 11.1 Å². The molecule has 1 aliphatic heterocycles. The van der Waals surface area contributed by atoms with E-state index >= 15 is 0 Å². The van der Waals surface area contributed by atoms with E-state index in [1.54, 1.807) is 12.4 Å². The molecule has 0 saturated carbocycles. The monoisotopic (exact) mass is 329 g/mol. The van der Waals surface area contributed by atoms with Crippen LogP contribution in [0.15, 0.2) is 36.7 Å². The lowest BCUT2D eigenvalue weighted by Crippen LogP contribution is -2.46. The van der Waals surface area contributed by atoms with E-state index in [0.717, 1.165) is 50.8 Å². The standard InChI is InChI=1S/C17H20ClN5/c18-17-3-1-2-15(10-17)13-22-6-4-21(5-7-22)8-9-23-14-16(11-19)12-20-23/h1-3,10,12,14H,4-9,13H2. The maximum Gasteiger partial charge on any atom is 0.102 e. The molecule has 0 amide bonds. The minimum absolute atomic E-state index is 0.622. The summed E-state index contributed by atoms with van der Waals surface area (Å²) in [6, 6.07) is 10.2. The van der Waals surface area contributed by atoms with Crippen LogP contribution in [0.2, 0.25) is 5.02 Å². The third-order valence-electron chi connectivity index (χ3n) is 4.17. The first-order chi connectivity index (χ1) is 11.2. The first-order valence-corrected chi connectivity index (χ1v) is 8.22. The quantitative estimate of drug-likeness (QED) is 0.844. The van der Waals surface area contributed by atoms with Crippen LogP contribution >= 0.6 is 11.6 Å². The Morgan fingerprint density at radius 2 is 1.91 bits per heavy atom. The Bertz CT molecular complexity index is 682. The number of hydrogen-bond acceptors (Lipinski definition) is 4. The third-order valence-corrected chi connectivity index (χ3v) is 4.40. The molecule has 1 aliphatic rings. The molecule has 2 aromatic rings. The van der Waals surface area contributed by atoms with Gasteiger partial charge in [0.05, 0.1) is 18.3 Å². The van der Waals surface area contributed by atoms with Gasteiger partial charge in [0.25, 0.3) is 0 Å². The van der Waals surface area contributed by atoms with E-state index in [1.165, 1.54) is 5.56 Å². The van der Waals surface area contributed by atoms with Crippen LogP contribution in [0.5, 0.6) is 0 Å². The summed E-state index contributed by atoms with van der Waals surface area (Å²) >= 11 is 6.04. The topological polar surface area (TPSA) is 48.1 Å². The van der Waals surface area contributed by atoms with E-state index in [4.69, 9.17) is 16.9 Å². The summed E-state index contributed by atoms with van der Waals surface area (Å²) in [7, 11) is 0. The van der Waals surface area contributed by atoms with Gasteiger partial charge >= 0.3 is 0 Å². The molecule has 0 unspecified atom stereocenters. The predicted molar refractivity (Wildman–Crippen MR) is 90.1 cm³/mol. The number of piperazine rings is 1. The second-order valence-electron chi connectivity index (χ2n) is 5.85. The fraction of sp³-hybridized carbons (Fsp3) is 0.412. The molecule has 0 atom stereocenters. The van der Waals surface area contributed by atoms with E-state index in [1.807, 2.05) is 22.9 Å². The number of benzene rings is 1. The normalized spacial score (nSPS) is 16.3. The second-order valence-corrected chi connectivity index (χ2v) is 6.29. The smallest absolute Gasteiger partial charge is 0.102 e. The van der Waals surface area contributed by atoms with Gasteiger partial charge in [-0.25, -0.2) is 0 Å². The van der Waals surface area contributed by atoms with Crippen molar-refractivity contribution in [3.05, 3.63) is 52.8 Å². The summed E-state index contributed by atoms with van der Waals surface area (Å²) in [5, 5.41) is 13.8. The van der Waals surface area contributed by atoms with Crippen LogP contribution < -0.4 is 0 Å². The van der Waals surface area contributed by atoms with Gasteiger partial charge in [0.15, 0.2) is 0 Å².